The van der Waals surface area contributed by atoms with E-state index < -0.39 is 9.84 Å². The molecule has 39 heavy (non-hydrogen) atoms. The lowest BCUT2D eigenvalue weighted by Gasteiger charge is -2.31. The fraction of sp³-hybridized carbons (Fsp3) is 0.310. The Labute approximate surface area is 226 Å². The van der Waals surface area contributed by atoms with Crippen LogP contribution in [0.2, 0.25) is 0 Å². The first-order chi connectivity index (χ1) is 18.7. The van der Waals surface area contributed by atoms with E-state index in [1.54, 1.807) is 29.5 Å². The maximum atomic E-state index is 13.3. The van der Waals surface area contributed by atoms with Crippen LogP contribution in [0.1, 0.15) is 18.4 Å². The molecule has 1 fully saturated rings. The maximum absolute atomic E-state index is 13.3. The lowest BCUT2D eigenvalue weighted by molar-refractivity contribution is 0.222. The Hall–Kier alpha value is -3.89. The van der Waals surface area contributed by atoms with Gasteiger partial charge in [-0.1, -0.05) is 24.3 Å². The second-order valence-electron chi connectivity index (χ2n) is 10.3. The molecule has 10 heteroatoms. The molecule has 1 N–H and O–H groups in total. The number of nitrogens with one attached hydrogen (secondary N) is 1. The lowest BCUT2D eigenvalue weighted by atomic mass is 10.1. The second kappa shape index (κ2) is 9.69. The van der Waals surface area contributed by atoms with Gasteiger partial charge in [-0.3, -0.25) is 14.0 Å². The molecule has 1 aliphatic rings. The van der Waals surface area contributed by atoms with Crippen LogP contribution in [-0.2, 0) is 23.4 Å². The van der Waals surface area contributed by atoms with Crippen LogP contribution in [0.25, 0.3) is 39.0 Å². The van der Waals surface area contributed by atoms with Crippen molar-refractivity contribution in [3.8, 4) is 22.7 Å². The van der Waals surface area contributed by atoms with Gasteiger partial charge >= 0.3 is 5.69 Å². The third-order valence-electron chi connectivity index (χ3n) is 7.82. The van der Waals surface area contributed by atoms with Crippen LogP contribution in [-0.4, -0.2) is 64.1 Å². The molecule has 4 heterocycles. The number of sulfone groups is 1. The number of aryl methyl sites for hydroxylation is 1. The van der Waals surface area contributed by atoms with Gasteiger partial charge in [0.2, 0.25) is 0 Å². The SMILES string of the molecule is COc1ccc(-n2c(=O)n(C)c3cnc4[nH]c(-c5ccc(CN6CCC(S(C)(=O)=O)CC6)cc5)cc4c32)cc1. The van der Waals surface area contributed by atoms with Gasteiger partial charge in [-0.15, -0.1) is 0 Å². The average Bonchev–Trinajstić information content (AvgIpc) is 3.48. The molecule has 9 nitrogen and oxygen atoms in total. The van der Waals surface area contributed by atoms with Crippen LogP contribution in [0, 0.1) is 0 Å². The van der Waals surface area contributed by atoms with Gasteiger partial charge < -0.3 is 9.72 Å². The summed E-state index contributed by atoms with van der Waals surface area (Å²) in [5, 5.41) is 0.651. The highest BCUT2D eigenvalue weighted by Gasteiger charge is 2.26. The first-order valence-electron chi connectivity index (χ1n) is 13.0. The van der Waals surface area contributed by atoms with Crippen molar-refractivity contribution in [3.05, 3.63) is 76.8 Å². The first kappa shape index (κ1) is 25.4. The summed E-state index contributed by atoms with van der Waals surface area (Å²) >= 11 is 0. The Bertz CT molecular complexity index is 1830. The number of H-pyrrole nitrogens is 1. The molecular formula is C29H31N5O4S. The highest BCUT2D eigenvalue weighted by atomic mass is 32.2. The largest absolute Gasteiger partial charge is 0.497 e. The Morgan fingerprint density at radius 3 is 2.38 bits per heavy atom. The van der Waals surface area contributed by atoms with Crippen molar-refractivity contribution < 1.29 is 13.2 Å². The zero-order chi connectivity index (χ0) is 27.3. The van der Waals surface area contributed by atoms with E-state index in [9.17, 15) is 13.2 Å². The van der Waals surface area contributed by atoms with Gasteiger partial charge in [-0.25, -0.2) is 18.2 Å². The summed E-state index contributed by atoms with van der Waals surface area (Å²) in [4.78, 5) is 23.6. The van der Waals surface area contributed by atoms with Crippen LogP contribution in [0.15, 0.2) is 65.6 Å². The molecule has 0 saturated carbocycles. The van der Waals surface area contributed by atoms with Crippen LogP contribution in [0.3, 0.4) is 0 Å². The molecule has 0 aliphatic carbocycles. The molecule has 0 spiro atoms. The number of methoxy groups -OCH3 is 1. The van der Waals surface area contributed by atoms with Gasteiger partial charge in [-0.05, 0) is 67.4 Å². The van der Waals surface area contributed by atoms with Crippen molar-refractivity contribution in [3.63, 3.8) is 0 Å². The quantitative estimate of drug-likeness (QED) is 0.347. The van der Waals surface area contributed by atoms with Crippen LogP contribution in [0.4, 0.5) is 0 Å². The standard InChI is InChI=1S/C29H31N5O4S/c1-32-26-17-30-28-24(27(26)34(29(32)35)21-8-10-22(38-2)11-9-21)16-25(31-28)20-6-4-19(5-7-20)18-33-14-12-23(13-15-33)39(3,36)37/h4-11,16-17,23H,12-15,18H2,1-3H3,(H,30,31). The highest BCUT2D eigenvalue weighted by molar-refractivity contribution is 7.91. The van der Waals surface area contributed by atoms with Gasteiger partial charge in [0, 0.05) is 30.9 Å². The molecular weight excluding hydrogens is 514 g/mol. The van der Waals surface area contributed by atoms with E-state index in [-0.39, 0.29) is 10.9 Å². The van der Waals surface area contributed by atoms with Crippen LogP contribution < -0.4 is 10.4 Å². The van der Waals surface area contributed by atoms with Crippen molar-refractivity contribution in [2.24, 2.45) is 7.05 Å². The monoisotopic (exact) mass is 545 g/mol. The summed E-state index contributed by atoms with van der Waals surface area (Å²) in [6.45, 7) is 2.37. The van der Waals surface area contributed by atoms with Crippen molar-refractivity contribution in [2.45, 2.75) is 24.6 Å². The zero-order valence-electron chi connectivity index (χ0n) is 22.2. The van der Waals surface area contributed by atoms with E-state index in [0.717, 1.165) is 58.7 Å². The lowest BCUT2D eigenvalue weighted by Crippen LogP contribution is -2.38. The number of pyridine rings is 1. The molecule has 202 valence electrons. The number of aromatic nitrogens is 4. The topological polar surface area (TPSA) is 102 Å². The highest BCUT2D eigenvalue weighted by Crippen LogP contribution is 2.30. The number of hydrogen-bond acceptors (Lipinski definition) is 6. The Kier molecular flexibility index (Phi) is 6.31. The number of rotatable bonds is 6. The van der Waals surface area contributed by atoms with E-state index in [1.807, 2.05) is 24.3 Å². The van der Waals surface area contributed by atoms with Crippen molar-refractivity contribution >= 4 is 31.9 Å². The number of fused-ring (bicyclic) bond motifs is 3. The minimum Gasteiger partial charge on any atom is -0.497 e. The molecule has 0 amide bonds. The minimum absolute atomic E-state index is 0.142. The van der Waals surface area contributed by atoms with E-state index in [1.165, 1.54) is 11.8 Å². The molecule has 5 aromatic rings. The number of benzene rings is 2. The van der Waals surface area contributed by atoms with E-state index in [2.05, 4.69) is 45.2 Å². The third-order valence-corrected chi connectivity index (χ3v) is 9.50. The summed E-state index contributed by atoms with van der Waals surface area (Å²) in [7, 11) is 0.408. The molecule has 0 unspecified atom stereocenters. The minimum atomic E-state index is -2.97. The van der Waals surface area contributed by atoms with E-state index in [4.69, 9.17) is 4.74 Å². The summed E-state index contributed by atoms with van der Waals surface area (Å²) in [5.41, 5.74) is 6.01. The molecule has 6 rings (SSSR count). The zero-order valence-corrected chi connectivity index (χ0v) is 23.0. The van der Waals surface area contributed by atoms with Crippen LogP contribution >= 0.6 is 0 Å². The summed E-state index contributed by atoms with van der Waals surface area (Å²) in [6.07, 6.45) is 4.45. The third kappa shape index (κ3) is 4.63. The number of piperidine rings is 1. The molecule has 0 atom stereocenters. The fourth-order valence-electron chi connectivity index (χ4n) is 5.55. The summed E-state index contributed by atoms with van der Waals surface area (Å²) in [6, 6.07) is 17.9. The predicted octanol–water partition coefficient (Wildman–Crippen LogP) is 3.89. The van der Waals surface area contributed by atoms with Crippen molar-refractivity contribution in [1.82, 2.24) is 24.0 Å². The van der Waals surface area contributed by atoms with Gasteiger partial charge in [0.1, 0.15) is 21.2 Å². The molecule has 0 radical (unpaired) electrons. The van der Waals surface area contributed by atoms with E-state index >= 15 is 0 Å². The normalized spacial score (nSPS) is 15.4. The number of nitrogens with zero attached hydrogens (tertiary/aromatic N) is 4. The number of ether oxygens (including phenoxy) is 1. The number of likely N-dealkylation sites (tertiary alicyclic amines) is 1. The summed E-state index contributed by atoms with van der Waals surface area (Å²) in [5.74, 6) is 0.726. The van der Waals surface area contributed by atoms with Crippen LogP contribution in [0.5, 0.6) is 5.75 Å². The van der Waals surface area contributed by atoms with Gasteiger partial charge in [-0.2, -0.15) is 0 Å². The average molecular weight is 546 g/mol. The van der Waals surface area contributed by atoms with E-state index in [0.29, 0.717) is 18.5 Å². The fourth-order valence-corrected chi connectivity index (χ4v) is 6.62. The summed E-state index contributed by atoms with van der Waals surface area (Å²) < 4.78 is 32.3. The second-order valence-corrected chi connectivity index (χ2v) is 12.6. The molecule has 2 aromatic carbocycles. The maximum Gasteiger partial charge on any atom is 0.333 e. The molecule has 1 saturated heterocycles. The first-order valence-corrected chi connectivity index (χ1v) is 14.9. The Balaban J connectivity index is 1.30. The van der Waals surface area contributed by atoms with Gasteiger partial charge in [0.15, 0.2) is 0 Å². The number of imidazole rings is 1. The van der Waals surface area contributed by atoms with Gasteiger partial charge in [0.25, 0.3) is 0 Å². The Morgan fingerprint density at radius 2 is 1.74 bits per heavy atom. The van der Waals surface area contributed by atoms with Crippen molar-refractivity contribution in [2.75, 3.05) is 26.5 Å². The Morgan fingerprint density at radius 1 is 1.05 bits per heavy atom. The number of hydrogen-bond donors (Lipinski definition) is 1. The van der Waals surface area contributed by atoms with Gasteiger partial charge in [0.05, 0.1) is 35.3 Å². The smallest absolute Gasteiger partial charge is 0.333 e. The number of aromatic amines is 1. The predicted molar refractivity (Wildman–Crippen MR) is 153 cm³/mol. The molecule has 1 aliphatic heterocycles. The molecule has 0 bridgehead atoms. The molecule has 3 aromatic heterocycles. The van der Waals surface area contributed by atoms with Crippen molar-refractivity contribution in [1.29, 1.82) is 0 Å².